The highest BCUT2D eigenvalue weighted by atomic mass is 16.5. The van der Waals surface area contributed by atoms with Crippen LogP contribution in [0.1, 0.15) is 30.2 Å². The van der Waals surface area contributed by atoms with E-state index in [4.69, 9.17) is 4.52 Å². The number of aromatic nitrogens is 5. The van der Waals surface area contributed by atoms with Crippen LogP contribution in [0.15, 0.2) is 65.7 Å². The number of benzene rings is 1. The fourth-order valence-corrected chi connectivity index (χ4v) is 2.87. The first-order chi connectivity index (χ1) is 13.2. The monoisotopic (exact) mass is 360 g/mol. The Bertz CT molecular complexity index is 1010. The first-order valence-electron chi connectivity index (χ1n) is 8.77. The average molecular weight is 360 g/mol. The number of nitrogens with zero attached hydrogens (tertiary/aromatic N) is 5. The third-order valence-corrected chi connectivity index (χ3v) is 4.44. The third kappa shape index (κ3) is 3.78. The van der Waals surface area contributed by atoms with E-state index >= 15 is 0 Å². The molecule has 1 aromatic carbocycles. The Morgan fingerprint density at radius 3 is 2.70 bits per heavy atom. The fraction of sp³-hybridized carbons (Fsp3) is 0.200. The van der Waals surface area contributed by atoms with Crippen LogP contribution in [0.5, 0.6) is 0 Å². The molecule has 0 aliphatic rings. The molecule has 0 bridgehead atoms. The van der Waals surface area contributed by atoms with Gasteiger partial charge in [0.25, 0.3) is 0 Å². The number of imidazole rings is 1. The summed E-state index contributed by atoms with van der Waals surface area (Å²) in [6.07, 6.45) is 7.19. The van der Waals surface area contributed by atoms with Crippen LogP contribution in [-0.2, 0) is 6.54 Å². The van der Waals surface area contributed by atoms with Crippen molar-refractivity contribution < 1.29 is 4.52 Å². The number of rotatable bonds is 6. The maximum atomic E-state index is 5.32. The third-order valence-electron chi connectivity index (χ3n) is 4.44. The molecule has 4 aromatic rings. The van der Waals surface area contributed by atoms with Crippen LogP contribution in [-0.4, -0.2) is 24.7 Å². The maximum absolute atomic E-state index is 5.32. The molecule has 3 aromatic heterocycles. The van der Waals surface area contributed by atoms with Crippen molar-refractivity contribution in [2.24, 2.45) is 0 Å². The summed E-state index contributed by atoms with van der Waals surface area (Å²) in [4.78, 5) is 12.7. The van der Waals surface area contributed by atoms with Gasteiger partial charge in [-0.3, -0.25) is 4.98 Å². The number of pyridine rings is 1. The zero-order chi connectivity index (χ0) is 18.6. The topological polar surface area (TPSA) is 81.7 Å². The molecular weight excluding hydrogens is 340 g/mol. The standard InChI is InChI=1S/C20H20N6O/c1-14(16-5-7-18(8-6-16)26-11-10-22-15(26)2)23-13-19-24-20(25-27-19)17-4-3-9-21-12-17/h3-12,14,23H,13H2,1-2H3/t14-/m0/s1. The van der Waals surface area contributed by atoms with Crippen molar-refractivity contribution in [3.8, 4) is 17.1 Å². The van der Waals surface area contributed by atoms with E-state index in [1.165, 1.54) is 5.56 Å². The van der Waals surface area contributed by atoms with Crippen molar-refractivity contribution in [3.63, 3.8) is 0 Å². The van der Waals surface area contributed by atoms with E-state index in [0.717, 1.165) is 17.1 Å². The highest BCUT2D eigenvalue weighted by Crippen LogP contribution is 2.18. The minimum Gasteiger partial charge on any atom is -0.338 e. The summed E-state index contributed by atoms with van der Waals surface area (Å²) in [6, 6.07) is 12.3. The molecule has 27 heavy (non-hydrogen) atoms. The van der Waals surface area contributed by atoms with Gasteiger partial charge in [0.05, 0.1) is 6.54 Å². The van der Waals surface area contributed by atoms with Gasteiger partial charge in [0.15, 0.2) is 0 Å². The van der Waals surface area contributed by atoms with Crippen LogP contribution < -0.4 is 5.32 Å². The highest BCUT2D eigenvalue weighted by Gasteiger charge is 2.11. The molecule has 4 rings (SSSR count). The zero-order valence-electron chi connectivity index (χ0n) is 15.2. The molecule has 0 amide bonds. The second kappa shape index (κ2) is 7.51. The molecule has 0 radical (unpaired) electrons. The Kier molecular flexibility index (Phi) is 4.76. The second-order valence-corrected chi connectivity index (χ2v) is 6.29. The minimum absolute atomic E-state index is 0.150. The average Bonchev–Trinajstić information content (AvgIpc) is 3.36. The van der Waals surface area contributed by atoms with Crippen molar-refractivity contribution in [1.82, 2.24) is 30.0 Å². The molecule has 0 saturated carbocycles. The van der Waals surface area contributed by atoms with Crippen LogP contribution >= 0.6 is 0 Å². The summed E-state index contributed by atoms with van der Waals surface area (Å²) in [5, 5.41) is 7.43. The first kappa shape index (κ1) is 17.1. The maximum Gasteiger partial charge on any atom is 0.240 e. The van der Waals surface area contributed by atoms with E-state index in [1.807, 2.05) is 25.3 Å². The molecule has 7 heteroatoms. The van der Waals surface area contributed by atoms with Crippen molar-refractivity contribution in [1.29, 1.82) is 0 Å². The summed E-state index contributed by atoms with van der Waals surface area (Å²) in [6.45, 7) is 4.59. The lowest BCUT2D eigenvalue weighted by molar-refractivity contribution is 0.360. The quantitative estimate of drug-likeness (QED) is 0.567. The zero-order valence-corrected chi connectivity index (χ0v) is 15.2. The molecule has 0 saturated heterocycles. The van der Waals surface area contributed by atoms with E-state index in [-0.39, 0.29) is 6.04 Å². The van der Waals surface area contributed by atoms with E-state index < -0.39 is 0 Å². The van der Waals surface area contributed by atoms with Gasteiger partial charge in [-0.05, 0) is 43.7 Å². The lowest BCUT2D eigenvalue weighted by Crippen LogP contribution is -2.18. The van der Waals surface area contributed by atoms with Crippen LogP contribution in [0.2, 0.25) is 0 Å². The number of hydrogen-bond acceptors (Lipinski definition) is 6. The van der Waals surface area contributed by atoms with Crippen molar-refractivity contribution in [3.05, 3.63) is 78.5 Å². The normalized spacial score (nSPS) is 12.2. The van der Waals surface area contributed by atoms with Crippen LogP contribution in [0.4, 0.5) is 0 Å². The molecule has 0 unspecified atom stereocenters. The Hall–Kier alpha value is -3.32. The summed E-state index contributed by atoms with van der Waals surface area (Å²) >= 11 is 0. The van der Waals surface area contributed by atoms with Gasteiger partial charge in [0.1, 0.15) is 5.82 Å². The Morgan fingerprint density at radius 2 is 2.00 bits per heavy atom. The minimum atomic E-state index is 0.150. The molecule has 3 heterocycles. The van der Waals surface area contributed by atoms with Gasteiger partial charge in [-0.15, -0.1) is 0 Å². The Labute approximate surface area is 157 Å². The number of hydrogen-bond donors (Lipinski definition) is 1. The molecule has 1 atom stereocenters. The molecule has 0 spiro atoms. The van der Waals surface area contributed by atoms with Gasteiger partial charge >= 0.3 is 0 Å². The Morgan fingerprint density at radius 1 is 1.15 bits per heavy atom. The predicted molar refractivity (Wildman–Crippen MR) is 101 cm³/mol. The molecule has 136 valence electrons. The summed E-state index contributed by atoms with van der Waals surface area (Å²) in [5.41, 5.74) is 3.12. The first-order valence-corrected chi connectivity index (χ1v) is 8.77. The van der Waals surface area contributed by atoms with Crippen LogP contribution in [0.25, 0.3) is 17.1 Å². The van der Waals surface area contributed by atoms with Gasteiger partial charge in [-0.25, -0.2) is 4.98 Å². The number of nitrogens with one attached hydrogen (secondary N) is 1. The summed E-state index contributed by atoms with van der Waals surface area (Å²) in [5.74, 6) is 2.06. The smallest absolute Gasteiger partial charge is 0.240 e. The van der Waals surface area contributed by atoms with E-state index in [1.54, 1.807) is 18.6 Å². The van der Waals surface area contributed by atoms with Gasteiger partial charge in [-0.2, -0.15) is 4.98 Å². The van der Waals surface area contributed by atoms with Gasteiger partial charge in [0.2, 0.25) is 11.7 Å². The summed E-state index contributed by atoms with van der Waals surface area (Å²) in [7, 11) is 0. The molecule has 7 nitrogen and oxygen atoms in total. The largest absolute Gasteiger partial charge is 0.338 e. The molecule has 1 N–H and O–H groups in total. The van der Waals surface area contributed by atoms with Crippen molar-refractivity contribution >= 4 is 0 Å². The van der Waals surface area contributed by atoms with E-state index in [2.05, 4.69) is 61.2 Å². The summed E-state index contributed by atoms with van der Waals surface area (Å²) < 4.78 is 7.38. The molecular formula is C20H20N6O. The van der Waals surface area contributed by atoms with E-state index in [0.29, 0.717) is 18.3 Å². The number of aryl methyl sites for hydroxylation is 1. The second-order valence-electron chi connectivity index (χ2n) is 6.29. The molecule has 0 aliphatic carbocycles. The van der Waals surface area contributed by atoms with Gasteiger partial charge in [-0.1, -0.05) is 17.3 Å². The van der Waals surface area contributed by atoms with Crippen molar-refractivity contribution in [2.75, 3.05) is 0 Å². The SMILES string of the molecule is Cc1nccn1-c1ccc([C@H](C)NCc2nc(-c3cccnc3)no2)cc1. The lowest BCUT2D eigenvalue weighted by Gasteiger charge is -2.14. The lowest BCUT2D eigenvalue weighted by atomic mass is 10.1. The van der Waals surface area contributed by atoms with Crippen LogP contribution in [0.3, 0.4) is 0 Å². The Balaban J connectivity index is 1.39. The van der Waals surface area contributed by atoms with Crippen molar-refractivity contribution in [2.45, 2.75) is 26.4 Å². The van der Waals surface area contributed by atoms with Gasteiger partial charge < -0.3 is 14.4 Å². The van der Waals surface area contributed by atoms with Crippen LogP contribution in [0, 0.1) is 6.92 Å². The van der Waals surface area contributed by atoms with Gasteiger partial charge in [0, 0.05) is 42.1 Å². The molecule has 0 aliphatic heterocycles. The highest BCUT2D eigenvalue weighted by molar-refractivity contribution is 5.51. The fourth-order valence-electron chi connectivity index (χ4n) is 2.87. The van der Waals surface area contributed by atoms with E-state index in [9.17, 15) is 0 Å². The molecule has 0 fully saturated rings. The predicted octanol–water partition coefficient (Wildman–Crippen LogP) is 3.48.